The second-order valence-electron chi connectivity index (χ2n) is 6.10. The summed E-state index contributed by atoms with van der Waals surface area (Å²) in [6, 6.07) is 7.81. The summed E-state index contributed by atoms with van der Waals surface area (Å²) < 4.78 is 1.58. The number of benzene rings is 1. The molecule has 1 amide bonds. The first kappa shape index (κ1) is 16.9. The summed E-state index contributed by atoms with van der Waals surface area (Å²) >= 11 is 1.94. The Morgan fingerprint density at radius 1 is 1.50 bits per heavy atom. The number of imidazole rings is 1. The largest absolute Gasteiger partial charge is 0.330 e. The van der Waals surface area contributed by atoms with E-state index in [1.807, 2.05) is 50.0 Å². The fourth-order valence-electron chi connectivity index (χ4n) is 2.92. The molecule has 7 heteroatoms. The molecule has 1 fully saturated rings. The van der Waals surface area contributed by atoms with Crippen LogP contribution in [0.2, 0.25) is 0 Å². The predicted octanol–water partition coefficient (Wildman–Crippen LogP) is 1.85. The van der Waals surface area contributed by atoms with Crippen molar-refractivity contribution in [2.24, 2.45) is 0 Å². The number of anilines is 1. The molecular formula is C17H22N4O2S. The minimum atomic E-state index is -0.186. The number of rotatable bonds is 5. The topological polar surface area (TPSA) is 70.1 Å². The number of carbonyl (C=O) groups excluding carboxylic acids is 1. The highest BCUT2D eigenvalue weighted by atomic mass is 32.2. The molecule has 3 rings (SSSR count). The van der Waals surface area contributed by atoms with Crippen LogP contribution in [-0.2, 0) is 4.79 Å². The zero-order valence-corrected chi connectivity index (χ0v) is 14.7. The molecular weight excluding hydrogens is 324 g/mol. The lowest BCUT2D eigenvalue weighted by molar-refractivity contribution is -0.117. The van der Waals surface area contributed by atoms with E-state index in [-0.39, 0.29) is 11.6 Å². The molecule has 128 valence electrons. The quantitative estimate of drug-likeness (QED) is 0.867. The lowest BCUT2D eigenvalue weighted by Crippen LogP contribution is -2.38. The molecule has 1 aromatic heterocycles. The number of hydrogen-bond donors (Lipinski definition) is 2. The van der Waals surface area contributed by atoms with Gasteiger partial charge >= 0.3 is 5.69 Å². The number of likely N-dealkylation sites (N-methyl/N-ethyl adjacent to an activating group) is 1. The van der Waals surface area contributed by atoms with Gasteiger partial charge in [-0.25, -0.2) is 4.79 Å². The Kier molecular flexibility index (Phi) is 5.11. The van der Waals surface area contributed by atoms with Crippen molar-refractivity contribution in [3.63, 3.8) is 0 Å². The fraction of sp³-hybridized carbons (Fsp3) is 0.412. The van der Waals surface area contributed by atoms with Gasteiger partial charge in [0.15, 0.2) is 0 Å². The van der Waals surface area contributed by atoms with Gasteiger partial charge in [0, 0.05) is 29.4 Å². The van der Waals surface area contributed by atoms with Crippen LogP contribution < -0.4 is 11.0 Å². The Labute approximate surface area is 145 Å². The van der Waals surface area contributed by atoms with Crippen LogP contribution >= 0.6 is 11.8 Å². The van der Waals surface area contributed by atoms with E-state index in [0.29, 0.717) is 18.3 Å². The number of hydrogen-bond acceptors (Lipinski definition) is 4. The highest BCUT2D eigenvalue weighted by Gasteiger charge is 2.21. The number of thioether (sulfide) groups is 1. The minimum absolute atomic E-state index is 0.0373. The Balaban J connectivity index is 1.68. The van der Waals surface area contributed by atoms with Gasteiger partial charge in [0.25, 0.3) is 0 Å². The van der Waals surface area contributed by atoms with Gasteiger partial charge in [-0.1, -0.05) is 6.07 Å². The number of aromatic amines is 1. The van der Waals surface area contributed by atoms with Gasteiger partial charge in [-0.2, -0.15) is 11.8 Å². The predicted molar refractivity (Wildman–Crippen MR) is 98.1 cm³/mol. The van der Waals surface area contributed by atoms with Gasteiger partial charge in [-0.15, -0.1) is 0 Å². The third kappa shape index (κ3) is 3.73. The number of H-pyrrole nitrogens is 1. The Hall–Kier alpha value is -1.99. The summed E-state index contributed by atoms with van der Waals surface area (Å²) in [7, 11) is 2.00. The summed E-state index contributed by atoms with van der Waals surface area (Å²) in [4.78, 5) is 28.9. The lowest BCUT2D eigenvalue weighted by atomic mass is 10.2. The van der Waals surface area contributed by atoms with Gasteiger partial charge < -0.3 is 10.3 Å². The first-order valence-electron chi connectivity index (χ1n) is 8.00. The average molecular weight is 346 g/mol. The molecule has 1 aromatic carbocycles. The van der Waals surface area contributed by atoms with Gasteiger partial charge in [-0.3, -0.25) is 14.3 Å². The van der Waals surface area contributed by atoms with Crippen molar-refractivity contribution in [3.05, 3.63) is 46.6 Å². The van der Waals surface area contributed by atoms with Crippen molar-refractivity contribution in [2.45, 2.75) is 19.4 Å². The Morgan fingerprint density at radius 3 is 3.00 bits per heavy atom. The molecule has 1 atom stereocenters. The molecule has 2 aromatic rings. The maximum absolute atomic E-state index is 12.3. The van der Waals surface area contributed by atoms with Crippen molar-refractivity contribution in [2.75, 3.05) is 30.4 Å². The van der Waals surface area contributed by atoms with Gasteiger partial charge in [0.1, 0.15) is 0 Å². The third-order valence-corrected chi connectivity index (χ3v) is 5.42. The van der Waals surface area contributed by atoms with Crippen molar-refractivity contribution >= 4 is 23.4 Å². The van der Waals surface area contributed by atoms with Crippen LogP contribution in [0, 0.1) is 6.92 Å². The van der Waals surface area contributed by atoms with Crippen molar-refractivity contribution < 1.29 is 4.79 Å². The molecule has 1 aliphatic rings. The molecule has 0 saturated carbocycles. The smallest absolute Gasteiger partial charge is 0.325 e. The van der Waals surface area contributed by atoms with Gasteiger partial charge in [0.05, 0.1) is 12.2 Å². The molecule has 1 aliphatic heterocycles. The SMILES string of the molecule is Cc1c[nH]c(=O)n1-c1cccc(NC(=O)CN(C)[C@H]2CCSC2)c1. The van der Waals surface area contributed by atoms with Crippen LogP contribution in [0.3, 0.4) is 0 Å². The molecule has 0 bridgehead atoms. The second kappa shape index (κ2) is 7.27. The summed E-state index contributed by atoms with van der Waals surface area (Å²) in [5.41, 5.74) is 2.06. The van der Waals surface area contributed by atoms with Crippen molar-refractivity contribution in [1.82, 2.24) is 14.5 Å². The van der Waals surface area contributed by atoms with Crippen LogP contribution in [0.5, 0.6) is 0 Å². The number of aryl methyl sites for hydroxylation is 1. The summed E-state index contributed by atoms with van der Waals surface area (Å²) in [6.45, 7) is 2.23. The molecule has 0 aliphatic carbocycles. The molecule has 0 unspecified atom stereocenters. The van der Waals surface area contributed by atoms with Crippen LogP contribution in [-0.4, -0.2) is 51.5 Å². The maximum atomic E-state index is 12.3. The highest BCUT2D eigenvalue weighted by molar-refractivity contribution is 7.99. The molecule has 1 saturated heterocycles. The zero-order chi connectivity index (χ0) is 17.1. The van der Waals surface area contributed by atoms with E-state index in [0.717, 1.165) is 23.6 Å². The molecule has 2 heterocycles. The summed E-state index contributed by atoms with van der Waals surface area (Å²) in [5.74, 6) is 2.22. The third-order valence-electron chi connectivity index (χ3n) is 4.27. The van der Waals surface area contributed by atoms with E-state index < -0.39 is 0 Å². The standard InChI is InChI=1S/C17H22N4O2S/c1-12-9-18-17(23)21(12)14-5-3-4-13(8-14)19-16(22)10-20(2)15-6-7-24-11-15/h3-5,8-9,15H,6-7,10-11H2,1-2H3,(H,18,23)(H,19,22)/t15-/m0/s1. The monoisotopic (exact) mass is 346 g/mol. The van der Waals surface area contributed by atoms with Gasteiger partial charge in [0.2, 0.25) is 5.91 Å². The number of nitrogens with zero attached hydrogens (tertiary/aromatic N) is 2. The first-order valence-corrected chi connectivity index (χ1v) is 9.15. The summed E-state index contributed by atoms with van der Waals surface area (Å²) in [5, 5.41) is 2.92. The van der Waals surface area contributed by atoms with Crippen LogP contribution in [0.15, 0.2) is 35.3 Å². The maximum Gasteiger partial charge on any atom is 0.330 e. The van der Waals surface area contributed by atoms with Gasteiger partial charge in [-0.05, 0) is 44.3 Å². The fourth-order valence-corrected chi connectivity index (χ4v) is 4.22. The Bertz CT molecular complexity index is 777. The highest BCUT2D eigenvalue weighted by Crippen LogP contribution is 2.21. The molecule has 6 nitrogen and oxygen atoms in total. The number of aromatic nitrogens is 2. The molecule has 0 spiro atoms. The lowest BCUT2D eigenvalue weighted by Gasteiger charge is -2.22. The van der Waals surface area contributed by atoms with Crippen LogP contribution in [0.1, 0.15) is 12.1 Å². The van der Waals surface area contributed by atoms with E-state index in [1.165, 1.54) is 5.75 Å². The second-order valence-corrected chi connectivity index (χ2v) is 7.25. The van der Waals surface area contributed by atoms with Crippen molar-refractivity contribution in [3.8, 4) is 5.69 Å². The molecule has 2 N–H and O–H groups in total. The van der Waals surface area contributed by atoms with E-state index in [2.05, 4.69) is 15.2 Å². The van der Waals surface area contributed by atoms with Crippen LogP contribution in [0.25, 0.3) is 5.69 Å². The first-order chi connectivity index (χ1) is 11.5. The number of carbonyl (C=O) groups is 1. The number of nitrogens with one attached hydrogen (secondary N) is 2. The van der Waals surface area contributed by atoms with E-state index >= 15 is 0 Å². The van der Waals surface area contributed by atoms with E-state index in [9.17, 15) is 9.59 Å². The molecule has 0 radical (unpaired) electrons. The van der Waals surface area contributed by atoms with Crippen molar-refractivity contribution in [1.29, 1.82) is 0 Å². The summed E-state index contributed by atoms with van der Waals surface area (Å²) in [6.07, 6.45) is 2.81. The normalized spacial score (nSPS) is 17.4. The zero-order valence-electron chi connectivity index (χ0n) is 13.9. The average Bonchev–Trinajstić information content (AvgIpc) is 3.18. The minimum Gasteiger partial charge on any atom is -0.325 e. The van der Waals surface area contributed by atoms with E-state index in [1.54, 1.807) is 10.8 Å². The van der Waals surface area contributed by atoms with E-state index in [4.69, 9.17) is 0 Å². The molecule has 24 heavy (non-hydrogen) atoms. The Morgan fingerprint density at radius 2 is 2.33 bits per heavy atom. The van der Waals surface area contributed by atoms with Crippen LogP contribution in [0.4, 0.5) is 5.69 Å². The number of amides is 1.